The summed E-state index contributed by atoms with van der Waals surface area (Å²) in [5, 5.41) is 0. The molecule has 1 fully saturated rings. The van der Waals surface area contributed by atoms with Crippen molar-refractivity contribution in [1.29, 1.82) is 0 Å². The van der Waals surface area contributed by atoms with Gasteiger partial charge in [0, 0.05) is 0 Å². The van der Waals surface area contributed by atoms with E-state index in [1.165, 1.54) is 15.8 Å². The van der Waals surface area contributed by atoms with Gasteiger partial charge in [-0.25, -0.2) is 4.39 Å². The normalized spacial score (nSPS) is 16.0. The number of hydrogen-bond acceptors (Lipinski definition) is 2. The minimum absolute atomic E-state index is 0.174. The van der Waals surface area contributed by atoms with Crippen molar-refractivity contribution in [1.82, 2.24) is 4.90 Å². The molecule has 2 heterocycles. The number of hydrogen-bond donors (Lipinski definition) is 1. The molecule has 1 aliphatic heterocycles. The number of carbonyl (C=O) groups excluding carboxylic acids is 1. The van der Waals surface area contributed by atoms with E-state index in [9.17, 15) is 9.18 Å². The molecule has 3 nitrogen and oxygen atoms in total. The fourth-order valence-electron chi connectivity index (χ4n) is 2.70. The molecular formula is C16H17BrFN2OS+. The molecule has 22 heavy (non-hydrogen) atoms. The molecule has 1 saturated heterocycles. The first-order chi connectivity index (χ1) is 10.6. The lowest BCUT2D eigenvalue weighted by Crippen LogP contribution is -3.13. The maximum Gasteiger partial charge on any atom is 0.257 e. The molecule has 1 aliphatic rings. The highest BCUT2D eigenvalue weighted by Crippen LogP contribution is 2.21. The van der Waals surface area contributed by atoms with Crippen LogP contribution in [0.15, 0.2) is 40.2 Å². The number of amides is 1. The summed E-state index contributed by atoms with van der Waals surface area (Å²) in [7, 11) is 0. The van der Waals surface area contributed by atoms with Gasteiger partial charge in [0.1, 0.15) is 12.4 Å². The molecule has 0 aliphatic carbocycles. The number of thiophene rings is 1. The van der Waals surface area contributed by atoms with Crippen LogP contribution in [0, 0.1) is 5.82 Å². The standard InChI is InChI=1S/C16H16BrFN2OS/c17-15-6-5-12(22-15)11-19-7-9-20(10-8-19)16(21)13-3-1-2-4-14(13)18/h1-6H,7-11H2/p+1. The second kappa shape index (κ2) is 6.89. The van der Waals surface area contributed by atoms with Crippen molar-refractivity contribution < 1.29 is 14.1 Å². The molecule has 6 heteroatoms. The number of carbonyl (C=O) groups is 1. The number of halogens is 2. The van der Waals surface area contributed by atoms with Crippen LogP contribution >= 0.6 is 27.3 Å². The van der Waals surface area contributed by atoms with Crippen LogP contribution in [0.5, 0.6) is 0 Å². The Bertz CT molecular complexity index is 668. The minimum Gasteiger partial charge on any atom is -0.328 e. The minimum atomic E-state index is -0.439. The second-order valence-electron chi connectivity index (χ2n) is 5.40. The Hall–Kier alpha value is -1.24. The predicted octanol–water partition coefficient (Wildman–Crippen LogP) is 2.19. The molecule has 0 radical (unpaired) electrons. The highest BCUT2D eigenvalue weighted by atomic mass is 79.9. The average Bonchev–Trinajstić information content (AvgIpc) is 2.93. The Morgan fingerprint density at radius 3 is 2.59 bits per heavy atom. The topological polar surface area (TPSA) is 24.8 Å². The smallest absolute Gasteiger partial charge is 0.257 e. The molecule has 116 valence electrons. The number of nitrogens with one attached hydrogen (secondary N) is 1. The first-order valence-electron chi connectivity index (χ1n) is 7.25. The van der Waals surface area contributed by atoms with Gasteiger partial charge in [-0.05, 0) is 40.2 Å². The molecule has 1 amide bonds. The number of piperazine rings is 1. The highest BCUT2D eigenvalue weighted by molar-refractivity contribution is 9.11. The van der Waals surface area contributed by atoms with E-state index in [0.29, 0.717) is 13.1 Å². The monoisotopic (exact) mass is 383 g/mol. The van der Waals surface area contributed by atoms with Gasteiger partial charge in [0.05, 0.1) is 40.4 Å². The lowest BCUT2D eigenvalue weighted by Gasteiger charge is -2.32. The average molecular weight is 384 g/mol. The molecule has 2 aromatic rings. The maximum absolute atomic E-state index is 13.7. The Kier molecular flexibility index (Phi) is 4.90. The Morgan fingerprint density at radius 2 is 1.95 bits per heavy atom. The zero-order valence-corrected chi connectivity index (χ0v) is 14.4. The van der Waals surface area contributed by atoms with Crippen molar-refractivity contribution in [3.8, 4) is 0 Å². The van der Waals surface area contributed by atoms with E-state index >= 15 is 0 Å². The van der Waals surface area contributed by atoms with E-state index in [2.05, 4.69) is 28.1 Å². The molecule has 0 unspecified atom stereocenters. The molecule has 3 rings (SSSR count). The van der Waals surface area contributed by atoms with E-state index < -0.39 is 5.82 Å². The largest absolute Gasteiger partial charge is 0.328 e. The Labute approximate surface area is 141 Å². The van der Waals surface area contributed by atoms with Crippen LogP contribution < -0.4 is 4.90 Å². The zero-order valence-electron chi connectivity index (χ0n) is 12.0. The molecule has 0 bridgehead atoms. The van der Waals surface area contributed by atoms with Crippen LogP contribution in [-0.2, 0) is 6.54 Å². The third-order valence-electron chi connectivity index (χ3n) is 3.92. The van der Waals surface area contributed by atoms with E-state index in [0.717, 1.165) is 23.4 Å². The van der Waals surface area contributed by atoms with Gasteiger partial charge in [0.2, 0.25) is 0 Å². The maximum atomic E-state index is 13.7. The number of nitrogens with zero attached hydrogens (tertiary/aromatic N) is 1. The summed E-state index contributed by atoms with van der Waals surface area (Å²) in [6.07, 6.45) is 0. The molecule has 1 aromatic heterocycles. The van der Waals surface area contributed by atoms with E-state index in [-0.39, 0.29) is 11.5 Å². The number of rotatable bonds is 3. The quantitative estimate of drug-likeness (QED) is 0.863. The first-order valence-corrected chi connectivity index (χ1v) is 8.86. The van der Waals surface area contributed by atoms with Crippen molar-refractivity contribution in [2.24, 2.45) is 0 Å². The molecular weight excluding hydrogens is 367 g/mol. The zero-order chi connectivity index (χ0) is 15.5. The first kappa shape index (κ1) is 15.6. The lowest BCUT2D eigenvalue weighted by atomic mass is 10.1. The van der Waals surface area contributed by atoms with E-state index in [1.807, 2.05) is 0 Å². The fraction of sp³-hybridized carbons (Fsp3) is 0.312. The van der Waals surface area contributed by atoms with E-state index in [4.69, 9.17) is 0 Å². The van der Waals surface area contributed by atoms with Crippen molar-refractivity contribution in [3.05, 3.63) is 56.4 Å². The summed E-state index contributed by atoms with van der Waals surface area (Å²) in [5.41, 5.74) is 0.174. The van der Waals surface area contributed by atoms with Gasteiger partial charge >= 0.3 is 0 Å². The summed E-state index contributed by atoms with van der Waals surface area (Å²) in [6, 6.07) is 10.4. The molecule has 0 atom stereocenters. The van der Waals surface area contributed by atoms with Crippen molar-refractivity contribution in [3.63, 3.8) is 0 Å². The summed E-state index contributed by atoms with van der Waals surface area (Å²) < 4.78 is 14.9. The van der Waals surface area contributed by atoms with Crippen molar-refractivity contribution >= 4 is 33.2 Å². The van der Waals surface area contributed by atoms with Gasteiger partial charge in [-0.3, -0.25) is 4.79 Å². The Morgan fingerprint density at radius 1 is 1.23 bits per heavy atom. The third kappa shape index (κ3) is 3.56. The molecule has 1 N–H and O–H groups in total. The van der Waals surface area contributed by atoms with Gasteiger partial charge < -0.3 is 9.80 Å². The highest BCUT2D eigenvalue weighted by Gasteiger charge is 2.26. The van der Waals surface area contributed by atoms with E-state index in [1.54, 1.807) is 34.4 Å². The van der Waals surface area contributed by atoms with Crippen molar-refractivity contribution in [2.75, 3.05) is 26.2 Å². The molecule has 0 saturated carbocycles. The van der Waals surface area contributed by atoms with Gasteiger partial charge in [0.15, 0.2) is 0 Å². The Balaban J connectivity index is 1.57. The van der Waals surface area contributed by atoms with Crippen LogP contribution in [0.2, 0.25) is 0 Å². The summed E-state index contributed by atoms with van der Waals surface area (Å²) in [6.45, 7) is 4.13. The van der Waals surface area contributed by atoms with Crippen LogP contribution in [0.4, 0.5) is 4.39 Å². The molecule has 0 spiro atoms. The van der Waals surface area contributed by atoms with Crippen LogP contribution in [0.1, 0.15) is 15.2 Å². The number of benzene rings is 1. The molecule has 1 aromatic carbocycles. The predicted molar refractivity (Wildman–Crippen MR) is 88.7 cm³/mol. The van der Waals surface area contributed by atoms with Gasteiger partial charge in [-0.1, -0.05) is 12.1 Å². The lowest BCUT2D eigenvalue weighted by molar-refractivity contribution is -0.917. The third-order valence-corrected chi connectivity index (χ3v) is 5.54. The van der Waals surface area contributed by atoms with Crippen LogP contribution in [0.25, 0.3) is 0 Å². The van der Waals surface area contributed by atoms with Gasteiger partial charge in [-0.2, -0.15) is 0 Å². The number of quaternary nitrogens is 1. The fourth-order valence-corrected chi connectivity index (χ4v) is 4.26. The summed E-state index contributed by atoms with van der Waals surface area (Å²) in [5.74, 6) is -0.637. The van der Waals surface area contributed by atoms with Crippen molar-refractivity contribution in [2.45, 2.75) is 6.54 Å². The van der Waals surface area contributed by atoms with Gasteiger partial charge in [-0.15, -0.1) is 11.3 Å². The summed E-state index contributed by atoms with van der Waals surface area (Å²) in [4.78, 5) is 16.9. The SMILES string of the molecule is O=C(c1ccccc1F)N1CC[NH+](Cc2ccc(Br)s2)CC1. The van der Waals surface area contributed by atoms with Crippen LogP contribution in [-0.4, -0.2) is 37.0 Å². The second-order valence-corrected chi connectivity index (χ2v) is 7.95. The summed E-state index contributed by atoms with van der Waals surface area (Å²) >= 11 is 5.23. The van der Waals surface area contributed by atoms with Gasteiger partial charge in [0.25, 0.3) is 5.91 Å². The van der Waals surface area contributed by atoms with Crippen LogP contribution in [0.3, 0.4) is 0 Å².